The maximum atomic E-state index is 12.9. The van der Waals surface area contributed by atoms with Crippen molar-refractivity contribution in [3.05, 3.63) is 52.6 Å². The van der Waals surface area contributed by atoms with Crippen molar-refractivity contribution < 1.29 is 22.7 Å². The molecule has 36 heavy (non-hydrogen) atoms. The number of amides is 1. The monoisotopic (exact) mass is 528 g/mol. The van der Waals surface area contributed by atoms with E-state index in [9.17, 15) is 13.2 Å². The van der Waals surface area contributed by atoms with Crippen LogP contribution in [0.2, 0.25) is 0 Å². The average Bonchev–Trinajstić information content (AvgIpc) is 3.25. The van der Waals surface area contributed by atoms with Gasteiger partial charge in [0, 0.05) is 30.6 Å². The van der Waals surface area contributed by atoms with Crippen LogP contribution in [-0.2, 0) is 26.1 Å². The number of nitrogens with one attached hydrogen (secondary N) is 1. The van der Waals surface area contributed by atoms with E-state index in [1.54, 1.807) is 24.3 Å². The molecule has 11 heteroatoms. The average molecular weight is 529 g/mol. The van der Waals surface area contributed by atoms with E-state index in [1.807, 2.05) is 23.6 Å². The number of nitrogens with zero attached hydrogens (tertiary/aromatic N) is 3. The second kappa shape index (κ2) is 10.2. The summed E-state index contributed by atoms with van der Waals surface area (Å²) in [6, 6.07) is 12.4. The van der Waals surface area contributed by atoms with Crippen LogP contribution >= 0.6 is 11.3 Å². The first-order valence-electron chi connectivity index (χ1n) is 11.8. The molecule has 0 bridgehead atoms. The number of ether oxygens (including phenoxy) is 2. The van der Waals surface area contributed by atoms with Crippen molar-refractivity contribution in [2.45, 2.75) is 25.3 Å². The number of hydrogen-bond donors (Lipinski definition) is 1. The number of anilines is 1. The first-order chi connectivity index (χ1) is 17.3. The quantitative estimate of drug-likeness (QED) is 0.528. The van der Waals surface area contributed by atoms with Crippen molar-refractivity contribution in [1.29, 1.82) is 0 Å². The van der Waals surface area contributed by atoms with Crippen molar-refractivity contribution in [1.82, 2.24) is 8.87 Å². The number of thiazole rings is 1. The minimum absolute atomic E-state index is 0.0215. The van der Waals surface area contributed by atoms with Crippen LogP contribution in [-0.4, -0.2) is 56.1 Å². The van der Waals surface area contributed by atoms with Crippen LogP contribution in [0.3, 0.4) is 0 Å². The number of aromatic nitrogens is 1. The summed E-state index contributed by atoms with van der Waals surface area (Å²) in [6.07, 6.45) is 0. The van der Waals surface area contributed by atoms with Crippen LogP contribution in [0.1, 0.15) is 13.8 Å². The summed E-state index contributed by atoms with van der Waals surface area (Å²) in [5.74, 6) is 0.856. The molecule has 1 amide bonds. The third-order valence-corrected chi connectivity index (χ3v) is 8.70. The maximum Gasteiger partial charge on any atom is 0.262 e. The topological polar surface area (TPSA) is 102 Å². The summed E-state index contributed by atoms with van der Waals surface area (Å²) in [5.41, 5.74) is 3.26. The van der Waals surface area contributed by atoms with E-state index in [1.165, 1.54) is 15.6 Å². The van der Waals surface area contributed by atoms with Crippen LogP contribution in [0.5, 0.6) is 5.75 Å². The van der Waals surface area contributed by atoms with Crippen molar-refractivity contribution in [3.8, 4) is 17.0 Å². The van der Waals surface area contributed by atoms with Crippen molar-refractivity contribution in [3.63, 3.8) is 0 Å². The van der Waals surface area contributed by atoms with Crippen LogP contribution in [0, 0.1) is 5.92 Å². The fraction of sp³-hybridized carbons (Fsp3) is 0.360. The van der Waals surface area contributed by atoms with Crippen molar-refractivity contribution >= 4 is 38.6 Å². The summed E-state index contributed by atoms with van der Waals surface area (Å²) in [6.45, 7) is 6.60. The minimum atomic E-state index is -3.55. The Bertz CT molecular complexity index is 1440. The molecule has 190 valence electrons. The number of carbonyl (C=O) groups excluding carboxylic acids is 1. The molecule has 1 saturated heterocycles. The zero-order chi connectivity index (χ0) is 25.3. The highest BCUT2D eigenvalue weighted by atomic mass is 32.2. The number of fused-ring (bicyclic) bond motifs is 1. The summed E-state index contributed by atoms with van der Waals surface area (Å²) in [7, 11) is -3.55. The fourth-order valence-corrected chi connectivity index (χ4v) is 6.52. The number of sulfonamides is 1. The van der Waals surface area contributed by atoms with E-state index in [0.717, 1.165) is 22.6 Å². The predicted octanol–water partition coefficient (Wildman–Crippen LogP) is 3.46. The molecule has 0 saturated carbocycles. The Morgan fingerprint density at radius 1 is 1.11 bits per heavy atom. The first-order valence-corrected chi connectivity index (χ1v) is 14.1. The highest BCUT2D eigenvalue weighted by Crippen LogP contribution is 2.33. The van der Waals surface area contributed by atoms with Gasteiger partial charge in [-0.15, -0.1) is 11.3 Å². The van der Waals surface area contributed by atoms with E-state index in [4.69, 9.17) is 14.5 Å². The van der Waals surface area contributed by atoms with E-state index in [-0.39, 0.29) is 17.4 Å². The third kappa shape index (κ3) is 5.10. The number of benzene rings is 2. The molecule has 0 unspecified atom stereocenters. The van der Waals surface area contributed by atoms with Gasteiger partial charge in [-0.05, 0) is 48.4 Å². The second-order valence-corrected chi connectivity index (χ2v) is 11.9. The number of hydrogen-bond acceptors (Lipinski definition) is 7. The number of rotatable bonds is 6. The van der Waals surface area contributed by atoms with Crippen LogP contribution < -0.4 is 14.9 Å². The van der Waals surface area contributed by atoms with E-state index in [0.29, 0.717) is 49.3 Å². The summed E-state index contributed by atoms with van der Waals surface area (Å²) in [4.78, 5) is 17.7. The van der Waals surface area contributed by atoms with Gasteiger partial charge in [-0.2, -0.15) is 4.31 Å². The molecule has 5 rings (SSSR count). The van der Waals surface area contributed by atoms with Gasteiger partial charge in [0.1, 0.15) is 5.75 Å². The second-order valence-electron chi connectivity index (χ2n) is 9.08. The van der Waals surface area contributed by atoms with Gasteiger partial charge in [0.15, 0.2) is 11.4 Å². The van der Waals surface area contributed by atoms with Gasteiger partial charge >= 0.3 is 0 Å². The molecule has 0 radical (unpaired) electrons. The Labute approximate surface area is 214 Å². The molecule has 2 aliphatic heterocycles. The van der Waals surface area contributed by atoms with Crippen LogP contribution in [0.25, 0.3) is 11.3 Å². The van der Waals surface area contributed by atoms with Gasteiger partial charge in [0.05, 0.1) is 35.2 Å². The largest absolute Gasteiger partial charge is 0.482 e. The molecule has 3 heterocycles. The smallest absolute Gasteiger partial charge is 0.262 e. The Morgan fingerprint density at radius 3 is 2.58 bits per heavy atom. The molecule has 3 aromatic rings. The lowest BCUT2D eigenvalue weighted by Gasteiger charge is -2.26. The van der Waals surface area contributed by atoms with E-state index in [2.05, 4.69) is 23.7 Å². The maximum absolute atomic E-state index is 12.9. The molecule has 1 aromatic heterocycles. The third-order valence-electron chi connectivity index (χ3n) is 5.92. The molecule has 0 spiro atoms. The zero-order valence-corrected chi connectivity index (χ0v) is 21.8. The molecule has 9 nitrogen and oxygen atoms in total. The summed E-state index contributed by atoms with van der Waals surface area (Å²) in [5, 5.41) is 4.91. The molecular weight excluding hydrogens is 500 g/mol. The lowest BCUT2D eigenvalue weighted by atomic mass is 10.1. The normalized spacial score (nSPS) is 17.1. The Balaban J connectivity index is 1.48. The van der Waals surface area contributed by atoms with E-state index < -0.39 is 10.0 Å². The first kappa shape index (κ1) is 24.7. The van der Waals surface area contributed by atoms with Crippen LogP contribution in [0.4, 0.5) is 11.4 Å². The minimum Gasteiger partial charge on any atom is -0.482 e. The Morgan fingerprint density at radius 2 is 1.86 bits per heavy atom. The number of morpholine rings is 1. The summed E-state index contributed by atoms with van der Waals surface area (Å²) >= 11 is 1.52. The van der Waals surface area contributed by atoms with Gasteiger partial charge in [0.25, 0.3) is 5.91 Å². The lowest BCUT2D eigenvalue weighted by molar-refractivity contribution is -0.118. The Kier molecular flexibility index (Phi) is 6.98. The molecule has 0 aliphatic carbocycles. The standard InChI is InChI=1S/C25H28N4O5S2/c1-17(2)14-29-22(18-3-8-23-21(13-18)27-24(30)15-34-23)16-35-25(29)26-19-4-6-20(7-5-19)36(31,32)28-9-11-33-12-10-28/h3-8,13,16-17H,9-12,14-15H2,1-2H3,(H,27,30). The van der Waals surface area contributed by atoms with Gasteiger partial charge in [-0.3, -0.25) is 4.79 Å². The SMILES string of the molecule is CC(C)Cn1c(-c2ccc3c(c2)NC(=O)CO3)csc1=Nc1ccc(S(=O)(=O)N2CCOCC2)cc1. The predicted molar refractivity (Wildman–Crippen MR) is 138 cm³/mol. The fourth-order valence-electron chi connectivity index (χ4n) is 4.17. The van der Waals surface area contributed by atoms with E-state index >= 15 is 0 Å². The van der Waals surface area contributed by atoms with Crippen LogP contribution in [0.15, 0.2) is 57.7 Å². The Hall–Kier alpha value is -2.99. The van der Waals surface area contributed by atoms with Gasteiger partial charge in [-0.25, -0.2) is 13.4 Å². The molecule has 1 N–H and O–H groups in total. The molecular formula is C25H28N4O5S2. The molecule has 2 aromatic carbocycles. The highest BCUT2D eigenvalue weighted by molar-refractivity contribution is 7.89. The zero-order valence-electron chi connectivity index (χ0n) is 20.1. The van der Waals surface area contributed by atoms with Crippen molar-refractivity contribution in [2.75, 3.05) is 38.2 Å². The number of carbonyl (C=O) groups is 1. The highest BCUT2D eigenvalue weighted by Gasteiger charge is 2.26. The summed E-state index contributed by atoms with van der Waals surface area (Å²) < 4.78 is 40.2. The molecule has 1 fully saturated rings. The van der Waals surface area contributed by atoms with Gasteiger partial charge in [-0.1, -0.05) is 13.8 Å². The molecule has 0 atom stereocenters. The lowest BCUT2D eigenvalue weighted by Crippen LogP contribution is -2.40. The van der Waals surface area contributed by atoms with Gasteiger partial charge in [0.2, 0.25) is 10.0 Å². The van der Waals surface area contributed by atoms with Crippen molar-refractivity contribution in [2.24, 2.45) is 10.9 Å². The van der Waals surface area contributed by atoms with Gasteiger partial charge < -0.3 is 19.4 Å². The molecule has 2 aliphatic rings.